The Kier molecular flexibility index (Phi) is 3.66. The summed E-state index contributed by atoms with van der Waals surface area (Å²) in [5, 5.41) is 6.84. The fraction of sp³-hybridized carbons (Fsp3) is 0.167. The lowest BCUT2D eigenvalue weighted by atomic mass is 10.2. The van der Waals surface area contributed by atoms with E-state index in [9.17, 15) is 4.79 Å². The molecule has 1 amide bonds. The van der Waals surface area contributed by atoms with Crippen molar-refractivity contribution in [2.24, 2.45) is 7.05 Å². The first kappa shape index (κ1) is 12.6. The first-order valence-corrected chi connectivity index (χ1v) is 6.04. The van der Waals surface area contributed by atoms with Gasteiger partial charge < -0.3 is 10.1 Å². The van der Waals surface area contributed by atoms with Crippen LogP contribution in [0.3, 0.4) is 0 Å². The van der Waals surface area contributed by atoms with Crippen LogP contribution in [0, 0.1) is 0 Å². The lowest BCUT2D eigenvalue weighted by Crippen LogP contribution is -2.12. The second-order valence-corrected chi connectivity index (χ2v) is 4.41. The van der Waals surface area contributed by atoms with Crippen LogP contribution in [-0.2, 0) is 7.05 Å². The van der Waals surface area contributed by atoms with Crippen LogP contribution < -0.4 is 10.1 Å². The molecule has 0 aliphatic carbocycles. The van der Waals surface area contributed by atoms with Crippen molar-refractivity contribution in [3.8, 4) is 5.75 Å². The van der Waals surface area contributed by atoms with Crippen molar-refractivity contribution in [1.82, 2.24) is 9.78 Å². The van der Waals surface area contributed by atoms with E-state index in [1.807, 2.05) is 12.1 Å². The maximum Gasteiger partial charge on any atom is 0.260 e. The summed E-state index contributed by atoms with van der Waals surface area (Å²) in [6.45, 7) is 0. The van der Waals surface area contributed by atoms with E-state index in [1.54, 1.807) is 37.2 Å². The zero-order chi connectivity index (χ0) is 13.1. The van der Waals surface area contributed by atoms with Gasteiger partial charge in [-0.3, -0.25) is 9.48 Å². The monoisotopic (exact) mass is 309 g/mol. The van der Waals surface area contributed by atoms with E-state index in [1.165, 1.54) is 0 Å². The highest BCUT2D eigenvalue weighted by Crippen LogP contribution is 2.24. The largest absolute Gasteiger partial charge is 0.495 e. The van der Waals surface area contributed by atoms with Gasteiger partial charge in [0.2, 0.25) is 0 Å². The van der Waals surface area contributed by atoms with Crippen LogP contribution in [0.15, 0.2) is 35.1 Å². The molecule has 0 fully saturated rings. The lowest BCUT2D eigenvalue weighted by Gasteiger charge is -2.08. The number of carbonyl (C=O) groups is 1. The number of nitrogens with one attached hydrogen (secondary N) is 1. The molecular weight excluding hydrogens is 298 g/mol. The number of nitrogens with zero attached hydrogens (tertiary/aromatic N) is 2. The minimum atomic E-state index is -0.237. The Bertz CT molecular complexity index is 580. The average molecular weight is 310 g/mol. The van der Waals surface area contributed by atoms with Crippen LogP contribution in [0.4, 0.5) is 5.69 Å². The summed E-state index contributed by atoms with van der Waals surface area (Å²) >= 11 is 3.24. The fourth-order valence-corrected chi connectivity index (χ4v) is 2.08. The summed E-state index contributed by atoms with van der Waals surface area (Å²) in [5.74, 6) is 0.380. The average Bonchev–Trinajstić information content (AvgIpc) is 2.69. The maximum atomic E-state index is 12.1. The molecule has 18 heavy (non-hydrogen) atoms. The number of benzene rings is 1. The van der Waals surface area contributed by atoms with Crippen LogP contribution in [-0.4, -0.2) is 22.8 Å². The summed E-state index contributed by atoms with van der Waals surface area (Å²) in [4.78, 5) is 12.1. The summed E-state index contributed by atoms with van der Waals surface area (Å²) < 4.78 is 7.25. The molecule has 0 saturated carbocycles. The van der Waals surface area contributed by atoms with Gasteiger partial charge in [0.1, 0.15) is 10.4 Å². The third-order valence-corrected chi connectivity index (χ3v) is 2.97. The van der Waals surface area contributed by atoms with Gasteiger partial charge in [0.05, 0.1) is 18.4 Å². The number of aromatic nitrogens is 2. The third-order valence-electron chi connectivity index (χ3n) is 2.38. The Morgan fingerprint density at radius 2 is 2.17 bits per heavy atom. The molecule has 0 atom stereocenters. The van der Waals surface area contributed by atoms with Crippen molar-refractivity contribution in [2.45, 2.75) is 0 Å². The molecule has 1 N–H and O–H groups in total. The number of halogens is 1. The van der Waals surface area contributed by atoms with E-state index >= 15 is 0 Å². The Labute approximate surface area is 113 Å². The van der Waals surface area contributed by atoms with Gasteiger partial charge in [-0.15, -0.1) is 0 Å². The molecule has 0 aliphatic heterocycles. The molecule has 1 aromatic carbocycles. The molecule has 6 heteroatoms. The molecule has 0 aliphatic rings. The minimum Gasteiger partial charge on any atom is -0.495 e. The fourth-order valence-electron chi connectivity index (χ4n) is 1.55. The number of ether oxygens (including phenoxy) is 1. The molecule has 0 radical (unpaired) electrons. The zero-order valence-electron chi connectivity index (χ0n) is 9.98. The summed E-state index contributed by atoms with van der Waals surface area (Å²) in [6.07, 6.45) is 1.65. The third kappa shape index (κ3) is 2.53. The van der Waals surface area contributed by atoms with Gasteiger partial charge in [-0.05, 0) is 28.1 Å². The van der Waals surface area contributed by atoms with Crippen LogP contribution >= 0.6 is 15.9 Å². The zero-order valence-corrected chi connectivity index (χ0v) is 11.6. The second-order valence-electron chi connectivity index (χ2n) is 3.66. The Morgan fingerprint density at radius 1 is 1.44 bits per heavy atom. The number of carbonyl (C=O) groups excluding carboxylic acids is 1. The predicted molar refractivity (Wildman–Crippen MR) is 71.9 cm³/mol. The van der Waals surface area contributed by atoms with Crippen LogP contribution in [0.5, 0.6) is 5.75 Å². The van der Waals surface area contributed by atoms with E-state index in [4.69, 9.17) is 4.74 Å². The standard InChI is InChI=1S/C12H12BrN3O2/c1-16-7-8(11(13)15-16)12(17)14-9-5-3-4-6-10(9)18-2/h3-7H,1-2H3,(H,14,17). The van der Waals surface area contributed by atoms with Crippen molar-refractivity contribution in [2.75, 3.05) is 12.4 Å². The van der Waals surface area contributed by atoms with E-state index < -0.39 is 0 Å². The van der Waals surface area contributed by atoms with Gasteiger partial charge in [-0.1, -0.05) is 12.1 Å². The number of hydrogen-bond donors (Lipinski definition) is 1. The van der Waals surface area contributed by atoms with E-state index in [-0.39, 0.29) is 5.91 Å². The van der Waals surface area contributed by atoms with Gasteiger partial charge in [-0.25, -0.2) is 0 Å². The maximum absolute atomic E-state index is 12.1. The van der Waals surface area contributed by atoms with Crippen molar-refractivity contribution in [3.05, 3.63) is 40.6 Å². The minimum absolute atomic E-state index is 0.237. The predicted octanol–water partition coefficient (Wildman–Crippen LogP) is 2.44. The quantitative estimate of drug-likeness (QED) is 0.947. The number of aryl methyl sites for hydroxylation is 1. The van der Waals surface area contributed by atoms with Crippen LogP contribution in [0.2, 0.25) is 0 Å². The Hall–Kier alpha value is -1.82. The number of methoxy groups -OCH3 is 1. The second kappa shape index (κ2) is 5.22. The van der Waals surface area contributed by atoms with Crippen LogP contribution in [0.1, 0.15) is 10.4 Å². The SMILES string of the molecule is COc1ccccc1NC(=O)c1cn(C)nc1Br. The van der Waals surface area contributed by atoms with Gasteiger partial charge in [-0.2, -0.15) is 5.10 Å². The molecule has 0 spiro atoms. The highest BCUT2D eigenvalue weighted by Gasteiger charge is 2.15. The molecule has 1 aromatic heterocycles. The van der Waals surface area contributed by atoms with Crippen molar-refractivity contribution < 1.29 is 9.53 Å². The number of hydrogen-bond acceptors (Lipinski definition) is 3. The molecule has 2 rings (SSSR count). The molecule has 1 heterocycles. The first-order valence-electron chi connectivity index (χ1n) is 5.25. The molecule has 0 unspecified atom stereocenters. The van der Waals surface area contributed by atoms with E-state index in [0.717, 1.165) is 0 Å². The molecular formula is C12H12BrN3O2. The molecule has 94 valence electrons. The number of para-hydroxylation sites is 2. The van der Waals surface area contributed by atoms with E-state index in [2.05, 4.69) is 26.3 Å². The Morgan fingerprint density at radius 3 is 2.78 bits per heavy atom. The lowest BCUT2D eigenvalue weighted by molar-refractivity contribution is 0.102. The summed E-state index contributed by atoms with van der Waals surface area (Å²) in [7, 11) is 3.32. The van der Waals surface area contributed by atoms with Crippen molar-refractivity contribution in [1.29, 1.82) is 0 Å². The number of amides is 1. The van der Waals surface area contributed by atoms with Crippen molar-refractivity contribution >= 4 is 27.5 Å². The first-order chi connectivity index (χ1) is 8.61. The van der Waals surface area contributed by atoms with Gasteiger partial charge in [0.25, 0.3) is 5.91 Å². The summed E-state index contributed by atoms with van der Waals surface area (Å²) in [5.41, 5.74) is 1.10. The molecule has 0 bridgehead atoms. The van der Waals surface area contributed by atoms with E-state index in [0.29, 0.717) is 21.6 Å². The van der Waals surface area contributed by atoms with Crippen LogP contribution in [0.25, 0.3) is 0 Å². The van der Waals surface area contributed by atoms with Gasteiger partial charge in [0, 0.05) is 13.2 Å². The van der Waals surface area contributed by atoms with Crippen molar-refractivity contribution in [3.63, 3.8) is 0 Å². The van der Waals surface area contributed by atoms with Gasteiger partial charge in [0.15, 0.2) is 0 Å². The smallest absolute Gasteiger partial charge is 0.260 e. The Balaban J connectivity index is 2.24. The number of rotatable bonds is 3. The molecule has 5 nitrogen and oxygen atoms in total. The normalized spacial score (nSPS) is 10.2. The van der Waals surface area contributed by atoms with Gasteiger partial charge >= 0.3 is 0 Å². The molecule has 2 aromatic rings. The summed E-state index contributed by atoms with van der Waals surface area (Å²) in [6, 6.07) is 7.24. The highest BCUT2D eigenvalue weighted by molar-refractivity contribution is 9.10. The highest BCUT2D eigenvalue weighted by atomic mass is 79.9. The topological polar surface area (TPSA) is 56.1 Å². The number of anilines is 1. The molecule has 0 saturated heterocycles.